The average Bonchev–Trinajstić information content (AvgIpc) is 2.86. The summed E-state index contributed by atoms with van der Waals surface area (Å²) >= 11 is 5.06. The van der Waals surface area contributed by atoms with Crippen LogP contribution in [0.25, 0.3) is 0 Å². The standard InChI is InChI=1S/C13H13BrN2O3S/c1-20-8-11-4-3-10(19-11)7-15-13-6-9(16(17)18)2-5-12(13)14/h2-6,15H,7-8H2,1H3. The maximum Gasteiger partial charge on any atom is 0.271 e. The summed E-state index contributed by atoms with van der Waals surface area (Å²) in [7, 11) is 0. The van der Waals surface area contributed by atoms with Crippen LogP contribution in [0.2, 0.25) is 0 Å². The number of hydrogen-bond acceptors (Lipinski definition) is 5. The molecule has 0 aliphatic heterocycles. The molecule has 0 fully saturated rings. The summed E-state index contributed by atoms with van der Waals surface area (Å²) in [6, 6.07) is 8.45. The van der Waals surface area contributed by atoms with Gasteiger partial charge in [-0.3, -0.25) is 10.1 Å². The van der Waals surface area contributed by atoms with E-state index in [1.807, 2.05) is 18.4 Å². The van der Waals surface area contributed by atoms with E-state index in [4.69, 9.17) is 4.42 Å². The van der Waals surface area contributed by atoms with Gasteiger partial charge in [-0.1, -0.05) is 0 Å². The molecule has 0 atom stereocenters. The van der Waals surface area contributed by atoms with Gasteiger partial charge in [0.05, 0.1) is 22.9 Å². The molecule has 1 aromatic heterocycles. The number of non-ortho nitro benzene ring substituents is 1. The Morgan fingerprint density at radius 3 is 2.80 bits per heavy atom. The fourth-order valence-corrected chi connectivity index (χ4v) is 2.51. The molecule has 7 heteroatoms. The molecule has 2 rings (SSSR count). The molecule has 20 heavy (non-hydrogen) atoms. The van der Waals surface area contributed by atoms with Gasteiger partial charge in [-0.15, -0.1) is 0 Å². The van der Waals surface area contributed by atoms with E-state index in [9.17, 15) is 10.1 Å². The number of nitrogens with zero attached hydrogens (tertiary/aromatic N) is 1. The minimum Gasteiger partial charge on any atom is -0.463 e. The molecule has 0 aliphatic rings. The van der Waals surface area contributed by atoms with Crippen molar-refractivity contribution in [3.8, 4) is 0 Å². The van der Waals surface area contributed by atoms with Crippen molar-refractivity contribution in [3.63, 3.8) is 0 Å². The molecule has 0 saturated carbocycles. The van der Waals surface area contributed by atoms with Gasteiger partial charge in [0.1, 0.15) is 11.5 Å². The Morgan fingerprint density at radius 2 is 2.10 bits per heavy atom. The largest absolute Gasteiger partial charge is 0.463 e. The first-order chi connectivity index (χ1) is 9.60. The number of furan rings is 1. The van der Waals surface area contributed by atoms with Crippen LogP contribution in [0.1, 0.15) is 11.5 Å². The predicted molar refractivity (Wildman–Crippen MR) is 84.1 cm³/mol. The number of thioether (sulfide) groups is 1. The van der Waals surface area contributed by atoms with Crippen molar-refractivity contribution >= 4 is 39.1 Å². The van der Waals surface area contributed by atoms with E-state index in [2.05, 4.69) is 21.2 Å². The summed E-state index contributed by atoms with van der Waals surface area (Å²) in [6.45, 7) is 0.480. The third-order valence-corrected chi connectivity index (χ3v) is 3.88. The molecule has 0 aliphatic carbocycles. The van der Waals surface area contributed by atoms with E-state index < -0.39 is 4.92 Å². The van der Waals surface area contributed by atoms with Crippen molar-refractivity contribution in [2.75, 3.05) is 11.6 Å². The zero-order chi connectivity index (χ0) is 14.5. The van der Waals surface area contributed by atoms with Crippen molar-refractivity contribution in [1.29, 1.82) is 0 Å². The van der Waals surface area contributed by atoms with Crippen LogP contribution in [-0.4, -0.2) is 11.2 Å². The molecule has 0 spiro atoms. The molecule has 1 heterocycles. The number of nitro groups is 1. The highest BCUT2D eigenvalue weighted by molar-refractivity contribution is 9.10. The lowest BCUT2D eigenvalue weighted by molar-refractivity contribution is -0.384. The Balaban J connectivity index is 2.05. The van der Waals surface area contributed by atoms with Gasteiger partial charge >= 0.3 is 0 Å². The van der Waals surface area contributed by atoms with Gasteiger partial charge < -0.3 is 9.73 Å². The van der Waals surface area contributed by atoms with Crippen molar-refractivity contribution in [2.24, 2.45) is 0 Å². The van der Waals surface area contributed by atoms with E-state index in [1.54, 1.807) is 17.8 Å². The highest BCUT2D eigenvalue weighted by Gasteiger charge is 2.10. The molecule has 0 saturated heterocycles. The van der Waals surface area contributed by atoms with Crippen LogP contribution in [0, 0.1) is 10.1 Å². The third-order valence-electron chi connectivity index (χ3n) is 2.62. The van der Waals surface area contributed by atoms with Gasteiger partial charge in [0.15, 0.2) is 0 Å². The molecule has 0 amide bonds. The lowest BCUT2D eigenvalue weighted by Crippen LogP contribution is -2.00. The van der Waals surface area contributed by atoms with Crippen LogP contribution in [0.3, 0.4) is 0 Å². The van der Waals surface area contributed by atoms with Crippen molar-refractivity contribution < 1.29 is 9.34 Å². The highest BCUT2D eigenvalue weighted by atomic mass is 79.9. The van der Waals surface area contributed by atoms with Crippen molar-refractivity contribution in [2.45, 2.75) is 12.3 Å². The Kier molecular flexibility index (Phi) is 5.08. The second-order valence-corrected chi connectivity index (χ2v) is 5.80. The van der Waals surface area contributed by atoms with E-state index in [0.29, 0.717) is 12.2 Å². The Labute approximate surface area is 129 Å². The zero-order valence-corrected chi connectivity index (χ0v) is 13.2. The predicted octanol–water partition coefficient (Wildman–Crippen LogP) is 4.43. The van der Waals surface area contributed by atoms with Crippen LogP contribution in [-0.2, 0) is 12.3 Å². The quantitative estimate of drug-likeness (QED) is 0.612. The summed E-state index contributed by atoms with van der Waals surface area (Å²) in [6.07, 6.45) is 2.01. The smallest absolute Gasteiger partial charge is 0.271 e. The molecular weight excluding hydrogens is 344 g/mol. The third kappa shape index (κ3) is 3.77. The summed E-state index contributed by atoms with van der Waals surface area (Å²) in [5, 5.41) is 13.9. The SMILES string of the molecule is CSCc1ccc(CNc2cc([N+](=O)[O-])ccc2Br)o1. The maximum absolute atomic E-state index is 10.8. The second-order valence-electron chi connectivity index (χ2n) is 4.08. The van der Waals surface area contributed by atoms with Crippen LogP contribution < -0.4 is 5.32 Å². The first kappa shape index (κ1) is 14.9. The Bertz CT molecular complexity index is 615. The first-order valence-electron chi connectivity index (χ1n) is 5.84. The lowest BCUT2D eigenvalue weighted by Gasteiger charge is -2.06. The van der Waals surface area contributed by atoms with Gasteiger partial charge in [-0.25, -0.2) is 0 Å². The monoisotopic (exact) mass is 356 g/mol. The maximum atomic E-state index is 10.8. The normalized spacial score (nSPS) is 10.5. The molecule has 0 radical (unpaired) electrons. The molecule has 2 aromatic rings. The topological polar surface area (TPSA) is 68.3 Å². The Hall–Kier alpha value is -1.47. The first-order valence-corrected chi connectivity index (χ1v) is 8.03. The molecule has 106 valence electrons. The number of halogens is 1. The van der Waals surface area contributed by atoms with Crippen LogP contribution in [0.4, 0.5) is 11.4 Å². The van der Waals surface area contributed by atoms with E-state index in [-0.39, 0.29) is 5.69 Å². The van der Waals surface area contributed by atoms with E-state index >= 15 is 0 Å². The molecule has 1 aromatic carbocycles. The number of rotatable bonds is 6. The summed E-state index contributed by atoms with van der Waals surface area (Å²) in [4.78, 5) is 10.3. The summed E-state index contributed by atoms with van der Waals surface area (Å²) in [5.41, 5.74) is 0.722. The average molecular weight is 357 g/mol. The highest BCUT2D eigenvalue weighted by Crippen LogP contribution is 2.27. The van der Waals surface area contributed by atoms with Gasteiger partial charge in [-0.2, -0.15) is 11.8 Å². The minimum atomic E-state index is -0.416. The lowest BCUT2D eigenvalue weighted by atomic mass is 10.3. The van der Waals surface area contributed by atoms with Crippen LogP contribution in [0.5, 0.6) is 0 Å². The van der Waals surface area contributed by atoms with Crippen LogP contribution in [0.15, 0.2) is 39.2 Å². The fourth-order valence-electron chi connectivity index (χ4n) is 1.68. The van der Waals surface area contributed by atoms with Crippen molar-refractivity contribution in [3.05, 3.63) is 56.4 Å². The number of benzene rings is 1. The molecule has 0 bridgehead atoms. The summed E-state index contributed by atoms with van der Waals surface area (Å²) in [5.74, 6) is 2.56. The molecule has 1 N–H and O–H groups in total. The molecular formula is C13H13BrN2O3S. The van der Waals surface area contributed by atoms with E-state index in [1.165, 1.54) is 12.1 Å². The van der Waals surface area contributed by atoms with E-state index in [0.717, 1.165) is 21.7 Å². The molecule has 0 unspecified atom stereocenters. The molecule has 5 nitrogen and oxygen atoms in total. The number of nitro benzene ring substituents is 1. The fraction of sp³-hybridized carbons (Fsp3) is 0.231. The summed E-state index contributed by atoms with van der Waals surface area (Å²) < 4.78 is 6.41. The van der Waals surface area contributed by atoms with Crippen LogP contribution >= 0.6 is 27.7 Å². The van der Waals surface area contributed by atoms with Gasteiger partial charge in [0.25, 0.3) is 5.69 Å². The Morgan fingerprint density at radius 1 is 1.35 bits per heavy atom. The van der Waals surface area contributed by atoms with Gasteiger partial charge in [-0.05, 0) is 40.4 Å². The van der Waals surface area contributed by atoms with Gasteiger partial charge in [0, 0.05) is 16.6 Å². The zero-order valence-electron chi connectivity index (χ0n) is 10.8. The minimum absolute atomic E-state index is 0.0539. The number of anilines is 1. The van der Waals surface area contributed by atoms with Crippen molar-refractivity contribution in [1.82, 2.24) is 0 Å². The van der Waals surface area contributed by atoms with Gasteiger partial charge in [0.2, 0.25) is 0 Å². The second kappa shape index (κ2) is 6.81. The number of nitrogens with one attached hydrogen (secondary N) is 1. The number of hydrogen-bond donors (Lipinski definition) is 1.